The minimum Gasteiger partial charge on any atom is -0.468 e. The summed E-state index contributed by atoms with van der Waals surface area (Å²) in [5, 5.41) is 2.73. The molecule has 1 amide bonds. The molecule has 1 N–H and O–H groups in total. The van der Waals surface area contributed by atoms with Crippen LogP contribution in [-0.2, 0) is 14.3 Å². The third kappa shape index (κ3) is 4.20. The summed E-state index contributed by atoms with van der Waals surface area (Å²) >= 11 is 0. The van der Waals surface area contributed by atoms with E-state index < -0.39 is 11.9 Å². The van der Waals surface area contributed by atoms with Crippen molar-refractivity contribution in [3.63, 3.8) is 0 Å². The Morgan fingerprint density at radius 2 is 1.94 bits per heavy atom. The Hall–Kier alpha value is -1.84. The summed E-state index contributed by atoms with van der Waals surface area (Å²) in [4.78, 5) is 23.6. The summed E-state index contributed by atoms with van der Waals surface area (Å²) < 4.78 is 4.67. The maximum absolute atomic E-state index is 12.0. The Morgan fingerprint density at radius 1 is 1.28 bits per heavy atom. The number of ether oxygens (including phenoxy) is 1. The first-order valence-electron chi connectivity index (χ1n) is 6.12. The van der Waals surface area contributed by atoms with Crippen LogP contribution in [0.25, 0.3) is 0 Å². The third-order valence-corrected chi connectivity index (χ3v) is 2.69. The normalized spacial score (nSPS) is 11.7. The van der Waals surface area contributed by atoms with Gasteiger partial charge in [-0.05, 0) is 18.6 Å². The number of rotatable bonds is 6. The van der Waals surface area contributed by atoms with Crippen LogP contribution in [0.5, 0.6) is 0 Å². The fraction of sp³-hybridized carbons (Fsp3) is 0.429. The van der Waals surface area contributed by atoms with E-state index >= 15 is 0 Å². The smallest absolute Gasteiger partial charge is 0.318 e. The molecule has 1 atom stereocenters. The van der Waals surface area contributed by atoms with E-state index in [1.54, 1.807) is 12.1 Å². The van der Waals surface area contributed by atoms with Crippen molar-refractivity contribution in [3.05, 3.63) is 30.3 Å². The number of carbonyl (C=O) groups excluding carboxylic acids is 2. The molecule has 0 aliphatic heterocycles. The second-order valence-corrected chi connectivity index (χ2v) is 4.07. The lowest BCUT2D eigenvalue weighted by Gasteiger charge is -2.14. The molecule has 18 heavy (non-hydrogen) atoms. The number of hydrogen-bond donors (Lipinski definition) is 1. The van der Waals surface area contributed by atoms with Gasteiger partial charge in [-0.25, -0.2) is 0 Å². The molecule has 1 aromatic carbocycles. The van der Waals surface area contributed by atoms with Crippen molar-refractivity contribution in [3.8, 4) is 0 Å². The molecule has 1 rings (SSSR count). The van der Waals surface area contributed by atoms with Crippen LogP contribution in [0.4, 0.5) is 5.69 Å². The number of para-hydroxylation sites is 1. The van der Waals surface area contributed by atoms with Gasteiger partial charge in [-0.1, -0.05) is 38.0 Å². The number of unbranched alkanes of at least 4 members (excludes halogenated alkanes) is 1. The monoisotopic (exact) mass is 249 g/mol. The van der Waals surface area contributed by atoms with Crippen molar-refractivity contribution in [2.24, 2.45) is 5.92 Å². The number of methoxy groups -OCH3 is 1. The van der Waals surface area contributed by atoms with Crippen LogP contribution in [0, 0.1) is 5.92 Å². The fourth-order valence-corrected chi connectivity index (χ4v) is 1.66. The molecule has 0 bridgehead atoms. The lowest BCUT2D eigenvalue weighted by atomic mass is 10.0. The molecule has 0 aromatic heterocycles. The summed E-state index contributed by atoms with van der Waals surface area (Å²) in [6.45, 7) is 2.02. The van der Waals surface area contributed by atoms with Gasteiger partial charge in [0.05, 0.1) is 7.11 Å². The molecule has 0 aliphatic carbocycles. The second kappa shape index (κ2) is 7.48. The van der Waals surface area contributed by atoms with Crippen molar-refractivity contribution in [2.45, 2.75) is 26.2 Å². The van der Waals surface area contributed by atoms with Crippen LogP contribution in [0.3, 0.4) is 0 Å². The number of benzene rings is 1. The molecular formula is C14H19NO3. The Balaban J connectivity index is 2.67. The lowest BCUT2D eigenvalue weighted by molar-refractivity contribution is -0.149. The number of anilines is 1. The van der Waals surface area contributed by atoms with Crippen LogP contribution in [-0.4, -0.2) is 19.0 Å². The minimum absolute atomic E-state index is 0.304. The van der Waals surface area contributed by atoms with Crippen LogP contribution in [0.15, 0.2) is 30.3 Å². The van der Waals surface area contributed by atoms with Gasteiger partial charge in [-0.3, -0.25) is 9.59 Å². The molecule has 0 spiro atoms. The zero-order chi connectivity index (χ0) is 13.4. The Labute approximate surface area is 107 Å². The van der Waals surface area contributed by atoms with Gasteiger partial charge < -0.3 is 10.1 Å². The molecule has 0 saturated carbocycles. The highest BCUT2D eigenvalue weighted by atomic mass is 16.5. The third-order valence-electron chi connectivity index (χ3n) is 2.69. The molecular weight excluding hydrogens is 230 g/mol. The quantitative estimate of drug-likeness (QED) is 0.622. The predicted octanol–water partition coefficient (Wildman–Crippen LogP) is 2.60. The molecule has 0 aliphatic rings. The summed E-state index contributed by atoms with van der Waals surface area (Å²) in [7, 11) is 1.30. The fourth-order valence-electron chi connectivity index (χ4n) is 1.66. The van der Waals surface area contributed by atoms with E-state index in [1.807, 2.05) is 25.1 Å². The molecule has 0 radical (unpaired) electrons. The predicted molar refractivity (Wildman–Crippen MR) is 70.1 cm³/mol. The average molecular weight is 249 g/mol. The van der Waals surface area contributed by atoms with Crippen LogP contribution in [0.1, 0.15) is 26.2 Å². The van der Waals surface area contributed by atoms with Crippen LogP contribution >= 0.6 is 0 Å². The van der Waals surface area contributed by atoms with Crippen molar-refractivity contribution >= 4 is 17.6 Å². The zero-order valence-electron chi connectivity index (χ0n) is 10.8. The summed E-state index contributed by atoms with van der Waals surface area (Å²) in [5.74, 6) is -1.51. The number of amides is 1. The largest absolute Gasteiger partial charge is 0.468 e. The first-order chi connectivity index (χ1) is 8.69. The molecule has 4 nitrogen and oxygen atoms in total. The van der Waals surface area contributed by atoms with Crippen LogP contribution in [0.2, 0.25) is 0 Å². The van der Waals surface area contributed by atoms with Gasteiger partial charge in [0.15, 0.2) is 0 Å². The van der Waals surface area contributed by atoms with Crippen LogP contribution < -0.4 is 5.32 Å². The van der Waals surface area contributed by atoms with E-state index in [0.29, 0.717) is 12.1 Å². The second-order valence-electron chi connectivity index (χ2n) is 4.07. The minimum atomic E-state index is -0.727. The lowest BCUT2D eigenvalue weighted by Crippen LogP contribution is -2.30. The topological polar surface area (TPSA) is 55.4 Å². The molecule has 98 valence electrons. The van der Waals surface area contributed by atoms with Crippen molar-refractivity contribution in [1.29, 1.82) is 0 Å². The summed E-state index contributed by atoms with van der Waals surface area (Å²) in [6, 6.07) is 9.09. The maximum atomic E-state index is 12.0. The van der Waals surface area contributed by atoms with Gasteiger partial charge >= 0.3 is 5.97 Å². The van der Waals surface area contributed by atoms with E-state index in [-0.39, 0.29) is 5.91 Å². The van der Waals surface area contributed by atoms with Gasteiger partial charge in [0.25, 0.3) is 0 Å². The molecule has 0 saturated heterocycles. The molecule has 1 aromatic rings. The van der Waals surface area contributed by atoms with Crippen molar-refractivity contribution in [1.82, 2.24) is 0 Å². The van der Waals surface area contributed by atoms with Crippen molar-refractivity contribution in [2.75, 3.05) is 12.4 Å². The zero-order valence-corrected chi connectivity index (χ0v) is 10.8. The highest BCUT2D eigenvalue weighted by molar-refractivity contribution is 6.04. The molecule has 4 heteroatoms. The summed E-state index contributed by atoms with van der Waals surface area (Å²) in [5.41, 5.74) is 0.688. The van der Waals surface area contributed by atoms with E-state index in [4.69, 9.17) is 0 Å². The van der Waals surface area contributed by atoms with E-state index in [2.05, 4.69) is 10.1 Å². The number of hydrogen-bond acceptors (Lipinski definition) is 3. The molecule has 1 unspecified atom stereocenters. The molecule has 0 heterocycles. The highest BCUT2D eigenvalue weighted by Crippen LogP contribution is 2.14. The van der Waals surface area contributed by atoms with Gasteiger partial charge in [0.1, 0.15) is 5.92 Å². The Kier molecular flexibility index (Phi) is 5.91. The standard InChI is InChI=1S/C14H19NO3/c1-3-4-10-12(14(17)18-2)13(16)15-11-8-6-5-7-9-11/h5-9,12H,3-4,10H2,1-2H3,(H,15,16). The summed E-state index contributed by atoms with van der Waals surface area (Å²) in [6.07, 6.45) is 2.27. The van der Waals surface area contributed by atoms with Gasteiger partial charge in [0.2, 0.25) is 5.91 Å². The van der Waals surface area contributed by atoms with E-state index in [1.165, 1.54) is 7.11 Å². The Bertz CT molecular complexity index is 389. The van der Waals surface area contributed by atoms with Gasteiger partial charge in [-0.2, -0.15) is 0 Å². The Morgan fingerprint density at radius 3 is 2.50 bits per heavy atom. The first-order valence-corrected chi connectivity index (χ1v) is 6.12. The van der Waals surface area contributed by atoms with Crippen molar-refractivity contribution < 1.29 is 14.3 Å². The highest BCUT2D eigenvalue weighted by Gasteiger charge is 2.26. The maximum Gasteiger partial charge on any atom is 0.318 e. The number of nitrogens with one attached hydrogen (secondary N) is 1. The number of carbonyl (C=O) groups is 2. The first kappa shape index (κ1) is 14.2. The van der Waals surface area contributed by atoms with Gasteiger partial charge in [0, 0.05) is 5.69 Å². The van der Waals surface area contributed by atoms with E-state index in [0.717, 1.165) is 12.8 Å². The van der Waals surface area contributed by atoms with Gasteiger partial charge in [-0.15, -0.1) is 0 Å². The SMILES string of the molecule is CCCCC(C(=O)Nc1ccccc1)C(=O)OC. The molecule has 0 fully saturated rings. The number of esters is 1. The average Bonchev–Trinajstić information content (AvgIpc) is 2.40. The van der Waals surface area contributed by atoms with E-state index in [9.17, 15) is 9.59 Å².